The second kappa shape index (κ2) is 5.44. The fraction of sp³-hybridized carbons (Fsp3) is 0.467. The van der Waals surface area contributed by atoms with Crippen LogP contribution in [0, 0.1) is 5.41 Å². The van der Waals surface area contributed by atoms with E-state index in [0.717, 1.165) is 0 Å². The summed E-state index contributed by atoms with van der Waals surface area (Å²) in [5, 5.41) is 3.33. The van der Waals surface area contributed by atoms with Crippen molar-refractivity contribution in [3.63, 3.8) is 0 Å². The second-order valence-corrected chi connectivity index (χ2v) is 6.47. The zero-order chi connectivity index (χ0) is 14.9. The van der Waals surface area contributed by atoms with Gasteiger partial charge in [0, 0.05) is 13.0 Å². The maximum absolute atomic E-state index is 12.7. The third-order valence-corrected chi connectivity index (χ3v) is 3.71. The summed E-state index contributed by atoms with van der Waals surface area (Å²) in [7, 11) is 0. The number of hydrogen-bond acceptors (Lipinski definition) is 2. The van der Waals surface area contributed by atoms with Gasteiger partial charge >= 0.3 is 0 Å². The van der Waals surface area contributed by atoms with Gasteiger partial charge in [0.15, 0.2) is 0 Å². The Balaban J connectivity index is 2.41. The molecule has 0 spiro atoms. The lowest BCUT2D eigenvalue weighted by atomic mass is 9.86. The van der Waals surface area contributed by atoms with E-state index in [9.17, 15) is 9.59 Å². The molecule has 0 saturated carbocycles. The Morgan fingerprint density at radius 2 is 1.90 bits per heavy atom. The average molecular weight is 295 g/mol. The van der Waals surface area contributed by atoms with Crippen LogP contribution in [0.5, 0.6) is 0 Å². The van der Waals surface area contributed by atoms with Crippen LogP contribution >= 0.6 is 11.6 Å². The normalized spacial score (nSPS) is 20.6. The number of para-hydroxylation sites is 1. The highest BCUT2D eigenvalue weighted by Gasteiger charge is 2.38. The molecule has 1 heterocycles. The minimum atomic E-state index is -0.547. The Labute approximate surface area is 124 Å². The van der Waals surface area contributed by atoms with Gasteiger partial charge in [-0.15, -0.1) is 0 Å². The number of anilines is 1. The summed E-state index contributed by atoms with van der Waals surface area (Å²) >= 11 is 6.18. The highest BCUT2D eigenvalue weighted by atomic mass is 35.5. The molecule has 4 nitrogen and oxygen atoms in total. The topological polar surface area (TPSA) is 49.4 Å². The van der Waals surface area contributed by atoms with Gasteiger partial charge in [0.25, 0.3) is 0 Å². The third-order valence-electron chi connectivity index (χ3n) is 3.39. The van der Waals surface area contributed by atoms with Crippen LogP contribution < -0.4 is 10.2 Å². The van der Waals surface area contributed by atoms with E-state index >= 15 is 0 Å². The van der Waals surface area contributed by atoms with Gasteiger partial charge in [-0.25, -0.2) is 0 Å². The van der Waals surface area contributed by atoms with Crippen molar-refractivity contribution >= 4 is 29.1 Å². The lowest BCUT2D eigenvalue weighted by Crippen LogP contribution is -2.52. The first kappa shape index (κ1) is 14.9. The van der Waals surface area contributed by atoms with Gasteiger partial charge in [0.1, 0.15) is 6.04 Å². The van der Waals surface area contributed by atoms with Crippen molar-refractivity contribution in [2.45, 2.75) is 33.2 Å². The molecular weight excluding hydrogens is 276 g/mol. The number of rotatable bonds is 1. The minimum absolute atomic E-state index is 0.104. The Bertz CT molecular complexity index is 537. The molecule has 2 amide bonds. The van der Waals surface area contributed by atoms with Gasteiger partial charge in [-0.1, -0.05) is 44.5 Å². The molecule has 1 aromatic rings. The number of nitrogens with zero attached hydrogens (tertiary/aromatic N) is 1. The molecule has 1 aliphatic rings. The zero-order valence-electron chi connectivity index (χ0n) is 11.9. The van der Waals surface area contributed by atoms with Crippen LogP contribution in [-0.4, -0.2) is 24.4 Å². The molecule has 0 aromatic heterocycles. The number of benzene rings is 1. The van der Waals surface area contributed by atoms with Gasteiger partial charge in [0.2, 0.25) is 11.8 Å². The molecule has 1 fully saturated rings. The number of hydrogen-bond donors (Lipinski definition) is 1. The molecular formula is C15H19ClN2O2. The standard InChI is InChI=1S/C15H19ClN2O2/c1-15(2,3)13-14(20)18(9-8-12(19)17-13)11-7-5-4-6-10(11)16/h4-7,13H,8-9H2,1-3H3,(H,17,19). The highest BCUT2D eigenvalue weighted by Crippen LogP contribution is 2.30. The fourth-order valence-corrected chi connectivity index (χ4v) is 2.51. The van der Waals surface area contributed by atoms with Crippen LogP contribution in [0.1, 0.15) is 27.2 Å². The minimum Gasteiger partial charge on any atom is -0.344 e. The maximum Gasteiger partial charge on any atom is 0.250 e. The summed E-state index contributed by atoms with van der Waals surface area (Å²) in [4.78, 5) is 26.2. The van der Waals surface area contributed by atoms with Gasteiger partial charge in [-0.3, -0.25) is 9.59 Å². The van der Waals surface area contributed by atoms with Crippen molar-refractivity contribution < 1.29 is 9.59 Å². The Morgan fingerprint density at radius 1 is 1.25 bits per heavy atom. The number of amides is 2. The van der Waals surface area contributed by atoms with E-state index in [1.165, 1.54) is 0 Å². The number of carbonyl (C=O) groups excluding carboxylic acids is 2. The number of halogens is 1. The first-order valence-electron chi connectivity index (χ1n) is 6.66. The molecule has 0 bridgehead atoms. The monoisotopic (exact) mass is 294 g/mol. The molecule has 1 atom stereocenters. The lowest BCUT2D eigenvalue weighted by molar-refractivity contribution is -0.127. The summed E-state index contributed by atoms with van der Waals surface area (Å²) in [5.74, 6) is -0.218. The number of nitrogens with one attached hydrogen (secondary N) is 1. The van der Waals surface area contributed by atoms with Crippen LogP contribution in [0.15, 0.2) is 24.3 Å². The van der Waals surface area contributed by atoms with Crippen molar-refractivity contribution in [1.82, 2.24) is 5.32 Å². The summed E-state index contributed by atoms with van der Waals surface area (Å²) in [6.45, 7) is 6.16. The van der Waals surface area contributed by atoms with Gasteiger partial charge in [-0.2, -0.15) is 0 Å². The van der Waals surface area contributed by atoms with E-state index in [2.05, 4.69) is 5.32 Å². The predicted molar refractivity (Wildman–Crippen MR) is 79.8 cm³/mol. The molecule has 5 heteroatoms. The summed E-state index contributed by atoms with van der Waals surface area (Å²) < 4.78 is 0. The largest absolute Gasteiger partial charge is 0.344 e. The lowest BCUT2D eigenvalue weighted by Gasteiger charge is -2.32. The van der Waals surface area contributed by atoms with E-state index in [1.807, 2.05) is 32.9 Å². The molecule has 20 heavy (non-hydrogen) atoms. The highest BCUT2D eigenvalue weighted by molar-refractivity contribution is 6.33. The van der Waals surface area contributed by atoms with Crippen molar-refractivity contribution in [3.8, 4) is 0 Å². The Morgan fingerprint density at radius 3 is 2.50 bits per heavy atom. The predicted octanol–water partition coefficient (Wildman–Crippen LogP) is 2.61. The number of carbonyl (C=O) groups is 2. The van der Waals surface area contributed by atoms with E-state index in [1.54, 1.807) is 17.0 Å². The Hall–Kier alpha value is -1.55. The molecule has 1 N–H and O–H groups in total. The SMILES string of the molecule is CC(C)(C)C1NC(=O)CCN(c2ccccc2Cl)C1=O. The summed E-state index contributed by atoms with van der Waals surface area (Å²) in [6, 6.07) is 6.65. The van der Waals surface area contributed by atoms with E-state index in [0.29, 0.717) is 17.3 Å². The maximum atomic E-state index is 12.7. The quantitative estimate of drug-likeness (QED) is 0.865. The molecule has 0 aliphatic carbocycles. The average Bonchev–Trinajstić information content (AvgIpc) is 2.50. The molecule has 1 saturated heterocycles. The summed E-state index contributed by atoms with van der Waals surface area (Å²) in [5.41, 5.74) is 0.307. The molecule has 1 aliphatic heterocycles. The van der Waals surface area contributed by atoms with Crippen molar-refractivity contribution in [3.05, 3.63) is 29.3 Å². The van der Waals surface area contributed by atoms with E-state index in [4.69, 9.17) is 11.6 Å². The van der Waals surface area contributed by atoms with E-state index < -0.39 is 6.04 Å². The smallest absolute Gasteiger partial charge is 0.250 e. The molecule has 2 rings (SSSR count). The molecule has 108 valence electrons. The van der Waals surface area contributed by atoms with Crippen LogP contribution in [0.25, 0.3) is 0 Å². The molecule has 0 radical (unpaired) electrons. The second-order valence-electron chi connectivity index (χ2n) is 6.06. The first-order chi connectivity index (χ1) is 9.30. The molecule has 1 aromatic carbocycles. The van der Waals surface area contributed by atoms with Crippen molar-refractivity contribution in [2.24, 2.45) is 5.41 Å². The fourth-order valence-electron chi connectivity index (χ4n) is 2.27. The Kier molecular flexibility index (Phi) is 4.04. The first-order valence-corrected chi connectivity index (χ1v) is 7.04. The summed E-state index contributed by atoms with van der Waals surface area (Å²) in [6.07, 6.45) is 0.281. The van der Waals surface area contributed by atoms with Gasteiger partial charge in [-0.05, 0) is 17.5 Å². The van der Waals surface area contributed by atoms with Crippen LogP contribution in [0.3, 0.4) is 0 Å². The van der Waals surface area contributed by atoms with E-state index in [-0.39, 0.29) is 23.7 Å². The third kappa shape index (κ3) is 2.96. The van der Waals surface area contributed by atoms with Crippen LogP contribution in [0.4, 0.5) is 5.69 Å². The van der Waals surface area contributed by atoms with Crippen LogP contribution in [0.2, 0.25) is 5.02 Å². The van der Waals surface area contributed by atoms with Gasteiger partial charge in [0.05, 0.1) is 10.7 Å². The van der Waals surface area contributed by atoms with Crippen molar-refractivity contribution in [1.29, 1.82) is 0 Å². The van der Waals surface area contributed by atoms with Crippen LogP contribution in [-0.2, 0) is 9.59 Å². The molecule has 1 unspecified atom stereocenters. The van der Waals surface area contributed by atoms with Crippen molar-refractivity contribution in [2.75, 3.05) is 11.4 Å². The van der Waals surface area contributed by atoms with Gasteiger partial charge < -0.3 is 10.2 Å². The zero-order valence-corrected chi connectivity index (χ0v) is 12.7.